The van der Waals surface area contributed by atoms with E-state index in [1.165, 1.54) is 16.5 Å². The van der Waals surface area contributed by atoms with Crippen LogP contribution in [0.2, 0.25) is 0 Å². The first kappa shape index (κ1) is 23.3. The lowest BCUT2D eigenvalue weighted by atomic mass is 9.87. The van der Waals surface area contributed by atoms with E-state index >= 15 is 0 Å². The van der Waals surface area contributed by atoms with Gasteiger partial charge in [-0.25, -0.2) is 0 Å². The zero-order chi connectivity index (χ0) is 23.9. The molecule has 1 aliphatic heterocycles. The Bertz CT molecular complexity index is 1200. The number of carbonyl (C=O) groups excluding carboxylic acids is 1. The Morgan fingerprint density at radius 2 is 1.85 bits per heavy atom. The molecular weight excluding hydrogens is 412 g/mol. The van der Waals surface area contributed by atoms with Gasteiger partial charge in [-0.05, 0) is 74.9 Å². The number of aromatic nitrogens is 2. The quantitative estimate of drug-likeness (QED) is 0.612. The molecule has 0 bridgehead atoms. The topological polar surface area (TPSA) is 70.1 Å². The second-order valence-electron chi connectivity index (χ2n) is 9.81. The summed E-state index contributed by atoms with van der Waals surface area (Å²) >= 11 is 0. The molecule has 6 nitrogen and oxygen atoms in total. The van der Waals surface area contributed by atoms with E-state index in [0.29, 0.717) is 11.8 Å². The standard InChI is InChI=1S/C27H36N4O2/c1-16(2)24-22-14-20(19-9-11-31(12-10-19)27(33)18(4)28-5)7-8-23(22)29-25(24)21-13-17(3)26(32)30(6)15-21/h7-8,13-16,18-19,28-29H,9-12H2,1-6H3. The first-order valence-electron chi connectivity index (χ1n) is 12.0. The number of rotatable bonds is 5. The van der Waals surface area contributed by atoms with E-state index < -0.39 is 0 Å². The molecule has 1 atom stereocenters. The summed E-state index contributed by atoms with van der Waals surface area (Å²) in [6.45, 7) is 9.85. The number of nitrogens with zero attached hydrogens (tertiary/aromatic N) is 2. The molecular formula is C27H36N4O2. The van der Waals surface area contributed by atoms with Gasteiger partial charge in [0.1, 0.15) is 0 Å². The maximum absolute atomic E-state index is 12.5. The van der Waals surface area contributed by atoms with Crippen LogP contribution in [-0.2, 0) is 11.8 Å². The highest BCUT2D eigenvalue weighted by molar-refractivity contribution is 5.92. The van der Waals surface area contributed by atoms with Gasteiger partial charge in [0.15, 0.2) is 0 Å². The Morgan fingerprint density at radius 1 is 1.15 bits per heavy atom. The number of amides is 1. The zero-order valence-corrected chi connectivity index (χ0v) is 20.7. The van der Waals surface area contributed by atoms with E-state index in [9.17, 15) is 9.59 Å². The van der Waals surface area contributed by atoms with Crippen molar-refractivity contribution in [2.24, 2.45) is 7.05 Å². The van der Waals surface area contributed by atoms with Crippen LogP contribution < -0.4 is 10.9 Å². The molecule has 1 amide bonds. The van der Waals surface area contributed by atoms with Gasteiger partial charge >= 0.3 is 0 Å². The number of nitrogens with one attached hydrogen (secondary N) is 2. The second kappa shape index (κ2) is 9.18. The van der Waals surface area contributed by atoms with Crippen molar-refractivity contribution in [3.63, 3.8) is 0 Å². The van der Waals surface area contributed by atoms with Gasteiger partial charge in [0.05, 0.1) is 11.7 Å². The van der Waals surface area contributed by atoms with Crippen LogP contribution in [-0.4, -0.2) is 46.5 Å². The van der Waals surface area contributed by atoms with Gasteiger partial charge < -0.3 is 19.8 Å². The minimum Gasteiger partial charge on any atom is -0.354 e. The molecule has 3 aromatic rings. The summed E-state index contributed by atoms with van der Waals surface area (Å²) < 4.78 is 1.66. The number of piperidine rings is 1. The lowest BCUT2D eigenvalue weighted by molar-refractivity contribution is -0.133. The summed E-state index contributed by atoms with van der Waals surface area (Å²) in [6, 6.07) is 8.62. The molecule has 0 saturated carbocycles. The lowest BCUT2D eigenvalue weighted by Gasteiger charge is -2.33. The molecule has 33 heavy (non-hydrogen) atoms. The minimum absolute atomic E-state index is 0.0391. The zero-order valence-electron chi connectivity index (χ0n) is 20.7. The summed E-state index contributed by atoms with van der Waals surface area (Å²) in [5.41, 5.74) is 6.69. The fourth-order valence-corrected chi connectivity index (χ4v) is 5.16. The molecule has 2 aromatic heterocycles. The largest absolute Gasteiger partial charge is 0.354 e. The van der Waals surface area contributed by atoms with Crippen molar-refractivity contribution in [3.8, 4) is 11.3 Å². The van der Waals surface area contributed by atoms with E-state index in [-0.39, 0.29) is 17.5 Å². The summed E-state index contributed by atoms with van der Waals surface area (Å²) in [6.07, 6.45) is 3.90. The molecule has 4 rings (SSSR count). The average molecular weight is 449 g/mol. The normalized spacial score (nSPS) is 16.0. The molecule has 176 valence electrons. The maximum atomic E-state index is 12.5. The number of H-pyrrole nitrogens is 1. The Labute approximate surface area is 196 Å². The monoisotopic (exact) mass is 448 g/mol. The number of likely N-dealkylation sites (N-methyl/N-ethyl adjacent to an activating group) is 1. The van der Waals surface area contributed by atoms with Gasteiger partial charge in [0.2, 0.25) is 5.91 Å². The van der Waals surface area contributed by atoms with E-state index in [4.69, 9.17) is 0 Å². The highest BCUT2D eigenvalue weighted by atomic mass is 16.2. The van der Waals surface area contributed by atoms with Crippen molar-refractivity contribution >= 4 is 16.8 Å². The van der Waals surface area contributed by atoms with Gasteiger partial charge in [-0.15, -0.1) is 0 Å². The van der Waals surface area contributed by atoms with Gasteiger partial charge in [-0.2, -0.15) is 0 Å². The lowest BCUT2D eigenvalue weighted by Crippen LogP contribution is -2.46. The van der Waals surface area contributed by atoms with E-state index in [1.807, 2.05) is 45.1 Å². The van der Waals surface area contributed by atoms with Crippen molar-refractivity contribution in [2.75, 3.05) is 20.1 Å². The Kier molecular flexibility index (Phi) is 6.48. The molecule has 2 N–H and O–H groups in total. The van der Waals surface area contributed by atoms with Crippen LogP contribution in [0.4, 0.5) is 0 Å². The average Bonchev–Trinajstić information content (AvgIpc) is 3.20. The third-order valence-corrected chi connectivity index (χ3v) is 7.17. The smallest absolute Gasteiger partial charge is 0.253 e. The Balaban J connectivity index is 1.67. The van der Waals surface area contributed by atoms with Gasteiger partial charge in [0, 0.05) is 48.4 Å². The number of likely N-dealkylation sites (tertiary alicyclic amines) is 1. The molecule has 1 fully saturated rings. The highest BCUT2D eigenvalue weighted by Gasteiger charge is 2.27. The fraction of sp³-hybridized carbons (Fsp3) is 0.481. The van der Waals surface area contributed by atoms with Crippen molar-refractivity contribution < 1.29 is 4.79 Å². The third kappa shape index (κ3) is 4.36. The van der Waals surface area contributed by atoms with Crippen LogP contribution in [0.25, 0.3) is 22.2 Å². The van der Waals surface area contributed by atoms with Crippen LogP contribution >= 0.6 is 0 Å². The maximum Gasteiger partial charge on any atom is 0.253 e. The molecule has 0 spiro atoms. The summed E-state index contributed by atoms with van der Waals surface area (Å²) in [5, 5.41) is 4.31. The van der Waals surface area contributed by atoms with E-state index in [1.54, 1.807) is 4.57 Å². The van der Waals surface area contributed by atoms with E-state index in [2.05, 4.69) is 42.3 Å². The first-order chi connectivity index (χ1) is 15.7. The number of carbonyl (C=O) groups is 1. The Hall–Kier alpha value is -2.86. The SMILES string of the molecule is CNC(C)C(=O)N1CCC(c2ccc3[nH]c(-c4cc(C)c(=O)n(C)c4)c(C(C)C)c3c2)CC1. The fourth-order valence-electron chi connectivity index (χ4n) is 5.16. The highest BCUT2D eigenvalue weighted by Crippen LogP contribution is 2.38. The molecule has 3 heterocycles. The molecule has 1 aromatic carbocycles. The number of hydrogen-bond donors (Lipinski definition) is 2. The van der Waals surface area contributed by atoms with Crippen LogP contribution in [0.5, 0.6) is 0 Å². The van der Waals surface area contributed by atoms with Crippen LogP contribution in [0.1, 0.15) is 62.1 Å². The van der Waals surface area contributed by atoms with Crippen LogP contribution in [0.3, 0.4) is 0 Å². The van der Waals surface area contributed by atoms with Crippen molar-refractivity contribution in [2.45, 2.75) is 58.4 Å². The summed E-state index contributed by atoms with van der Waals surface area (Å²) in [7, 11) is 3.64. The van der Waals surface area contributed by atoms with E-state index in [0.717, 1.165) is 48.3 Å². The van der Waals surface area contributed by atoms with Crippen molar-refractivity contribution in [1.82, 2.24) is 19.8 Å². The predicted molar refractivity (Wildman–Crippen MR) is 135 cm³/mol. The molecule has 1 saturated heterocycles. The van der Waals surface area contributed by atoms with Gasteiger partial charge in [-0.3, -0.25) is 9.59 Å². The van der Waals surface area contributed by atoms with Crippen LogP contribution in [0, 0.1) is 6.92 Å². The molecule has 1 unspecified atom stereocenters. The number of aromatic amines is 1. The van der Waals surface area contributed by atoms with Crippen molar-refractivity contribution in [3.05, 3.63) is 57.5 Å². The first-order valence-corrected chi connectivity index (χ1v) is 12.0. The van der Waals surface area contributed by atoms with Gasteiger partial charge in [-0.1, -0.05) is 19.9 Å². The Morgan fingerprint density at radius 3 is 2.45 bits per heavy atom. The molecule has 0 radical (unpaired) electrons. The second-order valence-corrected chi connectivity index (χ2v) is 9.81. The number of hydrogen-bond acceptors (Lipinski definition) is 3. The minimum atomic E-state index is -0.133. The molecule has 1 aliphatic rings. The number of pyridine rings is 1. The number of benzene rings is 1. The summed E-state index contributed by atoms with van der Waals surface area (Å²) in [4.78, 5) is 30.3. The third-order valence-electron chi connectivity index (χ3n) is 7.17. The molecule has 6 heteroatoms. The molecule has 0 aliphatic carbocycles. The van der Waals surface area contributed by atoms with Gasteiger partial charge in [0.25, 0.3) is 5.56 Å². The number of aryl methyl sites for hydroxylation is 2. The van der Waals surface area contributed by atoms with Crippen molar-refractivity contribution in [1.29, 1.82) is 0 Å². The van der Waals surface area contributed by atoms with Crippen LogP contribution in [0.15, 0.2) is 35.3 Å². The predicted octanol–water partition coefficient (Wildman–Crippen LogP) is 4.28. The summed E-state index contributed by atoms with van der Waals surface area (Å²) in [5.74, 6) is 0.988. The number of fused-ring (bicyclic) bond motifs is 1.